The summed E-state index contributed by atoms with van der Waals surface area (Å²) < 4.78 is 7.39. The van der Waals surface area contributed by atoms with Crippen molar-refractivity contribution in [1.29, 1.82) is 0 Å². The molecule has 0 N–H and O–H groups in total. The van der Waals surface area contributed by atoms with Gasteiger partial charge in [0.05, 0.1) is 12.4 Å². The number of nitrogens with zero attached hydrogens (tertiary/aromatic N) is 8. The molecule has 1 fully saturated rings. The number of aromatic nitrogens is 6. The highest BCUT2D eigenvalue weighted by atomic mass is 16.5. The Balaban J connectivity index is 1.65. The van der Waals surface area contributed by atoms with E-state index in [0.717, 1.165) is 18.7 Å². The minimum atomic E-state index is -0.696. The van der Waals surface area contributed by atoms with Crippen LogP contribution in [0.3, 0.4) is 0 Å². The van der Waals surface area contributed by atoms with E-state index in [4.69, 9.17) is 9.72 Å². The molecule has 3 aromatic heterocycles. The molecule has 5 rings (SSSR count). The molecule has 5 heterocycles. The average molecular weight is 435 g/mol. The number of rotatable bonds is 4. The van der Waals surface area contributed by atoms with E-state index < -0.39 is 5.54 Å². The summed E-state index contributed by atoms with van der Waals surface area (Å²) in [4.78, 5) is 39.8. The topological polar surface area (TPSA) is 102 Å². The van der Waals surface area contributed by atoms with Gasteiger partial charge in [0.2, 0.25) is 5.95 Å². The van der Waals surface area contributed by atoms with Gasteiger partial charge in [-0.15, -0.1) is 0 Å². The number of carbonyl (C=O) groups excluding carboxylic acids is 1. The molecule has 0 bridgehead atoms. The van der Waals surface area contributed by atoms with Crippen LogP contribution in [-0.2, 0) is 9.53 Å². The lowest BCUT2D eigenvalue weighted by Gasteiger charge is -2.51. The fourth-order valence-corrected chi connectivity index (χ4v) is 4.60. The Hall–Kier alpha value is -3.40. The molecule has 1 atom stereocenters. The molecule has 0 saturated carbocycles. The lowest BCUT2D eigenvalue weighted by atomic mass is 9.88. The summed E-state index contributed by atoms with van der Waals surface area (Å²) in [6, 6.07) is 0.162. The second-order valence-electron chi connectivity index (χ2n) is 8.30. The lowest BCUT2D eigenvalue weighted by Crippen LogP contribution is -2.64. The number of imidazole rings is 1. The number of fused-ring (bicyclic) bond motifs is 1. The van der Waals surface area contributed by atoms with Crippen molar-refractivity contribution in [2.75, 3.05) is 30.1 Å². The maximum Gasteiger partial charge on any atom is 0.252 e. The molecule has 0 radical (unpaired) electrons. The van der Waals surface area contributed by atoms with Gasteiger partial charge in [-0.2, -0.15) is 4.98 Å². The molecular weight excluding hydrogens is 408 g/mol. The van der Waals surface area contributed by atoms with Crippen molar-refractivity contribution < 1.29 is 9.53 Å². The van der Waals surface area contributed by atoms with Crippen LogP contribution < -0.4 is 9.80 Å². The van der Waals surface area contributed by atoms with Crippen molar-refractivity contribution in [2.45, 2.75) is 44.7 Å². The Morgan fingerprint density at radius 3 is 2.66 bits per heavy atom. The van der Waals surface area contributed by atoms with Crippen LogP contribution in [0.1, 0.15) is 33.1 Å². The van der Waals surface area contributed by atoms with Crippen molar-refractivity contribution in [2.24, 2.45) is 0 Å². The summed E-state index contributed by atoms with van der Waals surface area (Å²) in [5.74, 6) is 1.89. The van der Waals surface area contributed by atoms with Crippen LogP contribution in [0.2, 0.25) is 0 Å². The zero-order valence-electron chi connectivity index (χ0n) is 18.5. The first-order valence-electron chi connectivity index (χ1n) is 10.9. The molecule has 166 valence electrons. The quantitative estimate of drug-likeness (QED) is 0.616. The van der Waals surface area contributed by atoms with Gasteiger partial charge < -0.3 is 14.5 Å². The van der Waals surface area contributed by atoms with Crippen molar-refractivity contribution >= 4 is 17.4 Å². The number of carbonyl (C=O) groups is 1. The monoisotopic (exact) mass is 434 g/mol. The maximum atomic E-state index is 13.4. The van der Waals surface area contributed by atoms with E-state index in [1.807, 2.05) is 13.8 Å². The number of likely N-dealkylation sites (N-methyl/N-ethyl adjacent to an activating group) is 1. The molecule has 1 amide bonds. The van der Waals surface area contributed by atoms with E-state index in [1.54, 1.807) is 53.7 Å². The molecule has 0 aromatic carbocycles. The summed E-state index contributed by atoms with van der Waals surface area (Å²) in [5, 5.41) is 0. The van der Waals surface area contributed by atoms with E-state index in [1.165, 1.54) is 0 Å². The maximum absolute atomic E-state index is 13.4. The summed E-state index contributed by atoms with van der Waals surface area (Å²) in [7, 11) is 1.79. The first-order valence-corrected chi connectivity index (χ1v) is 10.9. The molecule has 0 aliphatic carbocycles. The van der Waals surface area contributed by atoms with Crippen LogP contribution in [0.25, 0.3) is 17.5 Å². The van der Waals surface area contributed by atoms with Gasteiger partial charge in [-0.3, -0.25) is 14.3 Å². The van der Waals surface area contributed by atoms with Crippen molar-refractivity contribution in [3.63, 3.8) is 0 Å². The normalized spacial score (nSPS) is 21.7. The molecular formula is C22H26N8O2. The average Bonchev–Trinajstić information content (AvgIpc) is 3.34. The van der Waals surface area contributed by atoms with Crippen LogP contribution in [0.4, 0.5) is 11.5 Å². The van der Waals surface area contributed by atoms with Crippen LogP contribution in [0.15, 0.2) is 37.2 Å². The summed E-state index contributed by atoms with van der Waals surface area (Å²) in [5.41, 5.74) is 0.640. The third kappa shape index (κ3) is 3.13. The highest BCUT2D eigenvalue weighted by Gasteiger charge is 2.49. The van der Waals surface area contributed by atoms with E-state index in [2.05, 4.69) is 24.8 Å². The minimum Gasteiger partial charge on any atom is -0.381 e. The van der Waals surface area contributed by atoms with Gasteiger partial charge in [-0.25, -0.2) is 15.0 Å². The van der Waals surface area contributed by atoms with E-state index in [-0.39, 0.29) is 11.9 Å². The smallest absolute Gasteiger partial charge is 0.252 e. The molecule has 1 saturated heterocycles. The van der Waals surface area contributed by atoms with Gasteiger partial charge >= 0.3 is 0 Å². The van der Waals surface area contributed by atoms with Crippen LogP contribution in [-0.4, -0.2) is 67.2 Å². The third-order valence-corrected chi connectivity index (χ3v) is 6.52. The Bertz CT molecular complexity index is 1130. The predicted molar refractivity (Wildman–Crippen MR) is 119 cm³/mol. The van der Waals surface area contributed by atoms with Crippen LogP contribution >= 0.6 is 0 Å². The highest BCUT2D eigenvalue weighted by molar-refractivity contribution is 6.07. The molecule has 0 unspecified atom stereocenters. The van der Waals surface area contributed by atoms with Crippen LogP contribution in [0, 0.1) is 0 Å². The fraction of sp³-hybridized carbons (Fsp3) is 0.455. The molecule has 10 nitrogen and oxygen atoms in total. The van der Waals surface area contributed by atoms with Crippen molar-refractivity contribution in [3.05, 3.63) is 37.2 Å². The van der Waals surface area contributed by atoms with Gasteiger partial charge in [0.25, 0.3) is 5.91 Å². The predicted octanol–water partition coefficient (Wildman–Crippen LogP) is 2.25. The Labute approximate surface area is 186 Å². The van der Waals surface area contributed by atoms with Crippen molar-refractivity contribution in [1.82, 2.24) is 29.5 Å². The molecule has 0 spiro atoms. The molecule has 32 heavy (non-hydrogen) atoms. The van der Waals surface area contributed by atoms with Gasteiger partial charge in [-0.05, 0) is 26.2 Å². The second kappa shape index (κ2) is 7.94. The van der Waals surface area contributed by atoms with E-state index in [0.29, 0.717) is 42.8 Å². The summed E-state index contributed by atoms with van der Waals surface area (Å²) in [6.07, 6.45) is 12.5. The number of anilines is 2. The minimum absolute atomic E-state index is 0.0539. The third-order valence-electron chi connectivity index (χ3n) is 6.52. The SMILES string of the molecule is CC[C@]1(C)C(=O)N(C)c2cnc(-n3ccnc3-c3cnccn3)nc2N1C1CCOCC1. The van der Waals surface area contributed by atoms with Crippen LogP contribution in [0.5, 0.6) is 0 Å². The molecule has 10 heteroatoms. The van der Waals surface area contributed by atoms with E-state index in [9.17, 15) is 4.79 Å². The Morgan fingerprint density at radius 1 is 1.12 bits per heavy atom. The molecule has 2 aliphatic heterocycles. The molecule has 2 aliphatic rings. The Morgan fingerprint density at radius 2 is 1.94 bits per heavy atom. The van der Waals surface area contributed by atoms with Crippen molar-refractivity contribution in [3.8, 4) is 17.5 Å². The highest BCUT2D eigenvalue weighted by Crippen LogP contribution is 2.43. The first kappa shape index (κ1) is 20.5. The number of ether oxygens (including phenoxy) is 1. The Kier molecular flexibility index (Phi) is 5.09. The standard InChI is InChI=1S/C22H26N8O2/c1-4-22(2)20(31)28(3)17-14-26-21(27-19(17)30(22)15-5-11-32-12-6-15)29-10-9-25-18(29)16-13-23-7-8-24-16/h7-10,13-15H,4-6,11-12H2,1-3H3/t22-/m1/s1. The second-order valence-corrected chi connectivity index (χ2v) is 8.30. The zero-order valence-corrected chi connectivity index (χ0v) is 18.5. The largest absolute Gasteiger partial charge is 0.381 e. The summed E-state index contributed by atoms with van der Waals surface area (Å²) in [6.45, 7) is 5.41. The first-order chi connectivity index (χ1) is 15.5. The summed E-state index contributed by atoms with van der Waals surface area (Å²) >= 11 is 0. The number of hydrogen-bond donors (Lipinski definition) is 0. The van der Waals surface area contributed by atoms with Gasteiger partial charge in [0.1, 0.15) is 16.9 Å². The van der Waals surface area contributed by atoms with Gasteiger partial charge in [0, 0.05) is 51.1 Å². The van der Waals surface area contributed by atoms with Gasteiger partial charge in [0.15, 0.2) is 11.6 Å². The molecule has 3 aromatic rings. The fourth-order valence-electron chi connectivity index (χ4n) is 4.60. The van der Waals surface area contributed by atoms with Gasteiger partial charge in [-0.1, -0.05) is 6.92 Å². The van der Waals surface area contributed by atoms with E-state index >= 15 is 0 Å². The zero-order chi connectivity index (χ0) is 22.3. The number of hydrogen-bond acceptors (Lipinski definition) is 8. The lowest BCUT2D eigenvalue weighted by molar-refractivity contribution is -0.124. The number of amides is 1.